The summed E-state index contributed by atoms with van der Waals surface area (Å²) in [6, 6.07) is 7.92. The third kappa shape index (κ3) is 4.49. The molecular formula is C14H17ClN2OS. The fourth-order valence-corrected chi connectivity index (χ4v) is 2.42. The van der Waals surface area contributed by atoms with E-state index >= 15 is 0 Å². The van der Waals surface area contributed by atoms with Gasteiger partial charge in [0, 0.05) is 18.0 Å². The normalized spacial score (nSPS) is 10.9. The molecule has 0 aliphatic carbocycles. The van der Waals surface area contributed by atoms with Crippen molar-refractivity contribution in [2.45, 2.75) is 33.0 Å². The highest BCUT2D eigenvalue weighted by molar-refractivity contribution is 7.09. The zero-order valence-electron chi connectivity index (χ0n) is 11.0. The first-order valence-electron chi connectivity index (χ1n) is 6.19. The minimum absolute atomic E-state index is 0.446. The fraction of sp³-hybridized carbons (Fsp3) is 0.357. The van der Waals surface area contributed by atoms with E-state index in [-0.39, 0.29) is 0 Å². The van der Waals surface area contributed by atoms with Crippen LogP contribution in [0.25, 0.3) is 0 Å². The molecule has 5 heteroatoms. The summed E-state index contributed by atoms with van der Waals surface area (Å²) in [4.78, 5) is 4.51. The number of nitrogens with one attached hydrogen (secondary N) is 1. The van der Waals surface area contributed by atoms with E-state index in [1.54, 1.807) is 11.3 Å². The van der Waals surface area contributed by atoms with Gasteiger partial charge in [-0.2, -0.15) is 0 Å². The van der Waals surface area contributed by atoms with Gasteiger partial charge in [0.05, 0.1) is 10.7 Å². The minimum Gasteiger partial charge on any atom is -0.486 e. The van der Waals surface area contributed by atoms with Gasteiger partial charge in [0.15, 0.2) is 0 Å². The lowest BCUT2D eigenvalue weighted by atomic mass is 10.3. The second-order valence-electron chi connectivity index (χ2n) is 4.49. The van der Waals surface area contributed by atoms with Gasteiger partial charge < -0.3 is 10.1 Å². The van der Waals surface area contributed by atoms with Crippen LogP contribution >= 0.6 is 22.9 Å². The number of ether oxygens (including phenoxy) is 1. The lowest BCUT2D eigenvalue weighted by Gasteiger charge is -2.06. The maximum Gasteiger partial charge on any atom is 0.138 e. The van der Waals surface area contributed by atoms with Crippen molar-refractivity contribution in [1.29, 1.82) is 0 Å². The van der Waals surface area contributed by atoms with E-state index in [2.05, 4.69) is 24.1 Å². The molecular weight excluding hydrogens is 280 g/mol. The molecule has 0 amide bonds. The van der Waals surface area contributed by atoms with Crippen molar-refractivity contribution in [3.8, 4) is 5.75 Å². The molecule has 0 saturated carbocycles. The van der Waals surface area contributed by atoms with Crippen LogP contribution in [0.3, 0.4) is 0 Å². The van der Waals surface area contributed by atoms with Crippen molar-refractivity contribution in [2.75, 3.05) is 0 Å². The molecule has 0 unspecified atom stereocenters. The summed E-state index contributed by atoms with van der Waals surface area (Å²) < 4.78 is 5.65. The monoisotopic (exact) mass is 296 g/mol. The molecule has 0 fully saturated rings. The molecule has 0 atom stereocenters. The van der Waals surface area contributed by atoms with Crippen LogP contribution in [0.4, 0.5) is 0 Å². The second kappa shape index (κ2) is 6.89. The number of nitrogens with zero attached hydrogens (tertiary/aromatic N) is 1. The zero-order valence-corrected chi connectivity index (χ0v) is 12.6. The van der Waals surface area contributed by atoms with E-state index in [9.17, 15) is 0 Å². The zero-order chi connectivity index (χ0) is 13.7. The van der Waals surface area contributed by atoms with Gasteiger partial charge in [0.1, 0.15) is 17.4 Å². The highest BCUT2D eigenvalue weighted by Crippen LogP contribution is 2.24. The molecule has 0 radical (unpaired) electrons. The van der Waals surface area contributed by atoms with Gasteiger partial charge in [-0.05, 0) is 12.1 Å². The Morgan fingerprint density at radius 1 is 1.37 bits per heavy atom. The van der Waals surface area contributed by atoms with Crippen molar-refractivity contribution < 1.29 is 4.74 Å². The predicted molar refractivity (Wildman–Crippen MR) is 79.9 cm³/mol. The van der Waals surface area contributed by atoms with Crippen molar-refractivity contribution in [3.63, 3.8) is 0 Å². The van der Waals surface area contributed by atoms with Gasteiger partial charge in [-0.3, -0.25) is 0 Å². The van der Waals surface area contributed by atoms with E-state index in [0.717, 1.165) is 17.2 Å². The first-order chi connectivity index (χ1) is 9.15. The molecule has 0 aliphatic rings. The summed E-state index contributed by atoms with van der Waals surface area (Å²) in [5, 5.41) is 7.07. The quantitative estimate of drug-likeness (QED) is 0.878. The first-order valence-corrected chi connectivity index (χ1v) is 7.45. The number of hydrogen-bond donors (Lipinski definition) is 1. The van der Waals surface area contributed by atoms with Crippen LogP contribution < -0.4 is 10.1 Å². The topological polar surface area (TPSA) is 34.2 Å². The van der Waals surface area contributed by atoms with Crippen molar-refractivity contribution in [3.05, 3.63) is 45.4 Å². The van der Waals surface area contributed by atoms with Crippen LogP contribution in [0.15, 0.2) is 29.6 Å². The Hall–Kier alpha value is -1.10. The summed E-state index contributed by atoms with van der Waals surface area (Å²) >= 11 is 7.67. The molecule has 102 valence electrons. The third-order valence-electron chi connectivity index (χ3n) is 2.47. The Balaban J connectivity index is 1.88. The molecule has 0 spiro atoms. The summed E-state index contributed by atoms with van der Waals surface area (Å²) in [5.41, 5.74) is 0.936. The molecule has 19 heavy (non-hydrogen) atoms. The van der Waals surface area contributed by atoms with Gasteiger partial charge in [-0.15, -0.1) is 11.3 Å². The lowest BCUT2D eigenvalue weighted by Crippen LogP contribution is -2.21. The van der Waals surface area contributed by atoms with Crippen LogP contribution in [-0.2, 0) is 13.2 Å². The number of benzene rings is 1. The van der Waals surface area contributed by atoms with E-state index in [1.807, 2.05) is 29.6 Å². The Morgan fingerprint density at radius 3 is 2.89 bits per heavy atom. The Labute approximate surface area is 122 Å². The average molecular weight is 297 g/mol. The summed E-state index contributed by atoms with van der Waals surface area (Å²) in [5.74, 6) is 0.694. The molecule has 0 aliphatic heterocycles. The molecule has 2 rings (SSSR count). The van der Waals surface area contributed by atoms with Crippen LogP contribution in [0.5, 0.6) is 5.75 Å². The van der Waals surface area contributed by atoms with Crippen molar-refractivity contribution >= 4 is 22.9 Å². The Kier molecular flexibility index (Phi) is 5.19. The van der Waals surface area contributed by atoms with Crippen LogP contribution in [0.2, 0.25) is 5.02 Å². The lowest BCUT2D eigenvalue weighted by molar-refractivity contribution is 0.302. The molecule has 3 nitrogen and oxygen atoms in total. The van der Waals surface area contributed by atoms with Gasteiger partial charge in [-0.25, -0.2) is 4.98 Å². The third-order valence-corrected chi connectivity index (χ3v) is 3.68. The van der Waals surface area contributed by atoms with Crippen LogP contribution in [-0.4, -0.2) is 11.0 Å². The second-order valence-corrected chi connectivity index (χ2v) is 5.84. The van der Waals surface area contributed by atoms with E-state index in [4.69, 9.17) is 16.3 Å². The number of para-hydroxylation sites is 1. The average Bonchev–Trinajstić information content (AvgIpc) is 2.83. The highest BCUT2D eigenvalue weighted by Gasteiger charge is 2.05. The molecule has 1 heterocycles. The largest absolute Gasteiger partial charge is 0.486 e. The van der Waals surface area contributed by atoms with Gasteiger partial charge in [0.25, 0.3) is 0 Å². The standard InChI is InChI=1S/C14H17ClN2OS/c1-10(2)16-7-14-17-11(9-19-14)8-18-13-6-4-3-5-12(13)15/h3-6,9-10,16H,7-8H2,1-2H3. The Bertz CT molecular complexity index is 528. The summed E-state index contributed by atoms with van der Waals surface area (Å²) in [6.45, 7) is 5.49. The summed E-state index contributed by atoms with van der Waals surface area (Å²) in [6.07, 6.45) is 0. The molecule has 0 bridgehead atoms. The highest BCUT2D eigenvalue weighted by atomic mass is 35.5. The van der Waals surface area contributed by atoms with Crippen LogP contribution in [0, 0.1) is 0 Å². The SMILES string of the molecule is CC(C)NCc1nc(COc2ccccc2Cl)cs1. The number of thiazole rings is 1. The summed E-state index contributed by atoms with van der Waals surface area (Å²) in [7, 11) is 0. The molecule has 1 aromatic carbocycles. The minimum atomic E-state index is 0.446. The first kappa shape index (κ1) is 14.3. The smallest absolute Gasteiger partial charge is 0.138 e. The van der Waals surface area contributed by atoms with E-state index < -0.39 is 0 Å². The maximum absolute atomic E-state index is 6.03. The number of hydrogen-bond acceptors (Lipinski definition) is 4. The Morgan fingerprint density at radius 2 is 2.16 bits per heavy atom. The maximum atomic E-state index is 6.03. The molecule has 2 aromatic rings. The number of halogens is 1. The van der Waals surface area contributed by atoms with Gasteiger partial charge in [-0.1, -0.05) is 37.6 Å². The molecule has 1 aromatic heterocycles. The van der Waals surface area contributed by atoms with Crippen molar-refractivity contribution in [1.82, 2.24) is 10.3 Å². The predicted octanol–water partition coefficient (Wildman–Crippen LogP) is 3.87. The van der Waals surface area contributed by atoms with E-state index in [1.165, 1.54) is 0 Å². The number of rotatable bonds is 6. The molecule has 1 N–H and O–H groups in total. The molecule has 0 saturated heterocycles. The van der Waals surface area contributed by atoms with Gasteiger partial charge in [0.2, 0.25) is 0 Å². The number of aromatic nitrogens is 1. The van der Waals surface area contributed by atoms with Gasteiger partial charge >= 0.3 is 0 Å². The van der Waals surface area contributed by atoms with Crippen molar-refractivity contribution in [2.24, 2.45) is 0 Å². The fourth-order valence-electron chi connectivity index (χ4n) is 1.50. The van der Waals surface area contributed by atoms with Crippen LogP contribution in [0.1, 0.15) is 24.5 Å². The van der Waals surface area contributed by atoms with E-state index in [0.29, 0.717) is 23.4 Å².